The Morgan fingerprint density at radius 2 is 1.90 bits per heavy atom. The van der Waals surface area contributed by atoms with Gasteiger partial charge in [0, 0.05) is 61.0 Å². The lowest BCUT2D eigenvalue weighted by Crippen LogP contribution is -2.47. The van der Waals surface area contributed by atoms with Gasteiger partial charge in [-0.05, 0) is 24.6 Å². The first kappa shape index (κ1) is 22.1. The number of nitrogens with zero attached hydrogens (tertiary/aromatic N) is 4. The first-order chi connectivity index (χ1) is 14.9. The minimum absolute atomic E-state index is 0.0515. The Morgan fingerprint density at radius 1 is 1.19 bits per heavy atom. The molecule has 4 rings (SSSR count). The zero-order chi connectivity index (χ0) is 22.0. The third-order valence-electron chi connectivity index (χ3n) is 6.21. The second kappa shape index (κ2) is 9.55. The van der Waals surface area contributed by atoms with E-state index < -0.39 is 0 Å². The summed E-state index contributed by atoms with van der Waals surface area (Å²) in [5.41, 5.74) is 4.56. The van der Waals surface area contributed by atoms with E-state index >= 15 is 0 Å². The number of hydrogen-bond acceptors (Lipinski definition) is 6. The molecular formula is C24H32ClN5O. The highest BCUT2D eigenvalue weighted by Crippen LogP contribution is 2.36. The van der Waals surface area contributed by atoms with Crippen molar-refractivity contribution in [1.29, 1.82) is 0 Å². The van der Waals surface area contributed by atoms with Gasteiger partial charge in [0.1, 0.15) is 12.1 Å². The lowest BCUT2D eigenvalue weighted by atomic mass is 9.94. The normalized spacial score (nSPS) is 19.6. The summed E-state index contributed by atoms with van der Waals surface area (Å²) in [4.78, 5) is 13.8. The second-order valence-electron chi connectivity index (χ2n) is 8.64. The summed E-state index contributed by atoms with van der Waals surface area (Å²) in [5, 5.41) is 4.34. The standard InChI is InChI=1S/C24H32ClN5O/c1-16(2)26-13-21(19-5-7-20(25)8-6-19)17(3)29-9-11-30(12-10-29)24-23-18(4)31-14-22(23)27-15-28-24/h5-8,15-16,18,21,26H,3,9-14H2,1-2,4H3/t18-,21+/m1/s1. The van der Waals surface area contributed by atoms with Gasteiger partial charge >= 0.3 is 0 Å². The molecular weight excluding hydrogens is 410 g/mol. The Kier molecular flexibility index (Phi) is 6.80. The first-order valence-electron chi connectivity index (χ1n) is 11.1. The molecule has 2 aliphatic heterocycles. The smallest absolute Gasteiger partial charge is 0.138 e. The molecule has 3 heterocycles. The van der Waals surface area contributed by atoms with Crippen LogP contribution in [0.5, 0.6) is 0 Å². The van der Waals surface area contributed by atoms with Crippen LogP contribution in [0, 0.1) is 0 Å². The number of anilines is 1. The number of halogens is 1. The van der Waals surface area contributed by atoms with Gasteiger partial charge in [0.05, 0.1) is 18.4 Å². The van der Waals surface area contributed by atoms with Gasteiger partial charge < -0.3 is 19.9 Å². The van der Waals surface area contributed by atoms with Crippen molar-refractivity contribution in [2.45, 2.75) is 45.4 Å². The summed E-state index contributed by atoms with van der Waals surface area (Å²) in [6, 6.07) is 8.57. The van der Waals surface area contributed by atoms with Crippen molar-refractivity contribution in [2.75, 3.05) is 37.6 Å². The number of piperazine rings is 1. The zero-order valence-corrected chi connectivity index (χ0v) is 19.4. The number of ether oxygens (including phenoxy) is 1. The monoisotopic (exact) mass is 441 g/mol. The molecule has 0 saturated carbocycles. The molecule has 0 spiro atoms. The van der Waals surface area contributed by atoms with Crippen molar-refractivity contribution >= 4 is 17.4 Å². The van der Waals surface area contributed by atoms with Crippen LogP contribution < -0.4 is 10.2 Å². The maximum absolute atomic E-state index is 6.12. The van der Waals surface area contributed by atoms with Crippen LogP contribution in [0.2, 0.25) is 5.02 Å². The number of aromatic nitrogens is 2. The summed E-state index contributed by atoms with van der Waals surface area (Å²) in [5.74, 6) is 1.24. The highest BCUT2D eigenvalue weighted by Gasteiger charge is 2.30. The molecule has 0 aliphatic carbocycles. The minimum Gasteiger partial charge on any atom is -0.371 e. The third-order valence-corrected chi connectivity index (χ3v) is 6.46. The molecule has 0 bridgehead atoms. The quantitative estimate of drug-likeness (QED) is 0.696. The number of rotatable bonds is 7. The Morgan fingerprint density at radius 3 is 2.58 bits per heavy atom. The summed E-state index contributed by atoms with van der Waals surface area (Å²) in [6.07, 6.45) is 1.71. The molecule has 1 N–H and O–H groups in total. The van der Waals surface area contributed by atoms with Crippen LogP contribution in [-0.4, -0.2) is 53.6 Å². The van der Waals surface area contributed by atoms with Gasteiger partial charge in [0.2, 0.25) is 0 Å². The average molecular weight is 442 g/mol. The molecule has 31 heavy (non-hydrogen) atoms. The lowest BCUT2D eigenvalue weighted by molar-refractivity contribution is 0.0787. The van der Waals surface area contributed by atoms with Gasteiger partial charge in [-0.25, -0.2) is 9.97 Å². The Hall–Kier alpha value is -2.15. The third kappa shape index (κ3) is 4.86. The molecule has 1 saturated heterocycles. The lowest BCUT2D eigenvalue weighted by Gasteiger charge is -2.40. The molecule has 1 fully saturated rings. The average Bonchev–Trinajstić information content (AvgIpc) is 3.16. The van der Waals surface area contributed by atoms with E-state index in [0.29, 0.717) is 12.6 Å². The molecule has 0 amide bonds. The Bertz CT molecular complexity index is 909. The topological polar surface area (TPSA) is 53.5 Å². The van der Waals surface area contributed by atoms with Gasteiger partial charge in [0.25, 0.3) is 0 Å². The summed E-state index contributed by atoms with van der Waals surface area (Å²) < 4.78 is 5.78. The SMILES string of the molecule is C=C([C@H](CNC(C)C)c1ccc(Cl)cc1)N1CCN(c2ncnc3c2[C@@H](C)OC3)CC1. The van der Waals surface area contributed by atoms with Crippen LogP contribution in [0.4, 0.5) is 5.82 Å². The van der Waals surface area contributed by atoms with E-state index in [-0.39, 0.29) is 12.0 Å². The van der Waals surface area contributed by atoms with Gasteiger partial charge in [0.15, 0.2) is 0 Å². The highest BCUT2D eigenvalue weighted by molar-refractivity contribution is 6.30. The van der Waals surface area contributed by atoms with E-state index in [2.05, 4.69) is 64.6 Å². The van der Waals surface area contributed by atoms with E-state index in [9.17, 15) is 0 Å². The zero-order valence-electron chi connectivity index (χ0n) is 18.6. The van der Waals surface area contributed by atoms with Crippen molar-refractivity contribution in [2.24, 2.45) is 0 Å². The maximum atomic E-state index is 6.12. The number of benzene rings is 1. The molecule has 0 radical (unpaired) electrons. The number of nitrogens with one attached hydrogen (secondary N) is 1. The van der Waals surface area contributed by atoms with E-state index in [1.807, 2.05) is 12.1 Å². The second-order valence-corrected chi connectivity index (χ2v) is 9.08. The largest absolute Gasteiger partial charge is 0.371 e. The van der Waals surface area contributed by atoms with Gasteiger partial charge in [-0.15, -0.1) is 0 Å². The van der Waals surface area contributed by atoms with Crippen LogP contribution in [0.25, 0.3) is 0 Å². The predicted molar refractivity (Wildman–Crippen MR) is 125 cm³/mol. The van der Waals surface area contributed by atoms with Crippen molar-refractivity contribution in [3.8, 4) is 0 Å². The van der Waals surface area contributed by atoms with Crippen LogP contribution in [0.3, 0.4) is 0 Å². The molecule has 1 aromatic carbocycles. The summed E-state index contributed by atoms with van der Waals surface area (Å²) in [6.45, 7) is 16.0. The Balaban J connectivity index is 1.46. The van der Waals surface area contributed by atoms with Crippen LogP contribution in [-0.2, 0) is 11.3 Å². The number of fused-ring (bicyclic) bond motifs is 1. The van der Waals surface area contributed by atoms with Crippen molar-refractivity contribution in [1.82, 2.24) is 20.2 Å². The van der Waals surface area contributed by atoms with E-state index in [4.69, 9.17) is 16.3 Å². The van der Waals surface area contributed by atoms with Crippen molar-refractivity contribution in [3.63, 3.8) is 0 Å². The van der Waals surface area contributed by atoms with Crippen LogP contribution >= 0.6 is 11.6 Å². The predicted octanol–water partition coefficient (Wildman–Crippen LogP) is 4.14. The molecule has 6 nitrogen and oxygen atoms in total. The number of hydrogen-bond donors (Lipinski definition) is 1. The Labute approximate surface area is 190 Å². The van der Waals surface area contributed by atoms with Crippen LogP contribution in [0.1, 0.15) is 49.6 Å². The molecule has 1 aromatic heterocycles. The molecule has 166 valence electrons. The maximum Gasteiger partial charge on any atom is 0.138 e. The van der Waals surface area contributed by atoms with Gasteiger partial charge in [-0.2, -0.15) is 0 Å². The van der Waals surface area contributed by atoms with Gasteiger partial charge in [-0.1, -0.05) is 44.2 Å². The molecule has 0 unspecified atom stereocenters. The molecule has 2 aromatic rings. The molecule has 7 heteroatoms. The molecule has 2 aliphatic rings. The fourth-order valence-electron chi connectivity index (χ4n) is 4.39. The van der Waals surface area contributed by atoms with Crippen molar-refractivity contribution in [3.05, 3.63) is 64.7 Å². The molecule has 2 atom stereocenters. The van der Waals surface area contributed by atoms with E-state index in [1.165, 1.54) is 5.56 Å². The summed E-state index contributed by atoms with van der Waals surface area (Å²) >= 11 is 6.12. The summed E-state index contributed by atoms with van der Waals surface area (Å²) in [7, 11) is 0. The highest BCUT2D eigenvalue weighted by atomic mass is 35.5. The van der Waals surface area contributed by atoms with Gasteiger partial charge in [-0.3, -0.25) is 0 Å². The van der Waals surface area contributed by atoms with Crippen LogP contribution in [0.15, 0.2) is 42.9 Å². The van der Waals surface area contributed by atoms with Crippen molar-refractivity contribution < 1.29 is 4.74 Å². The van der Waals surface area contributed by atoms with E-state index in [1.54, 1.807) is 6.33 Å². The fraction of sp³-hybridized carbons (Fsp3) is 0.500. The minimum atomic E-state index is 0.0515. The first-order valence-corrected chi connectivity index (χ1v) is 11.4. The fourth-order valence-corrected chi connectivity index (χ4v) is 4.52. The van der Waals surface area contributed by atoms with E-state index in [0.717, 1.165) is 60.5 Å².